The molecule has 0 saturated heterocycles. The van der Waals surface area contributed by atoms with Gasteiger partial charge in [0.1, 0.15) is 0 Å². The predicted molar refractivity (Wildman–Crippen MR) is 192 cm³/mol. The third-order valence-corrected chi connectivity index (χ3v) is 8.63. The van der Waals surface area contributed by atoms with E-state index >= 15 is 0 Å². The van der Waals surface area contributed by atoms with Crippen molar-refractivity contribution in [1.82, 2.24) is 0 Å². The smallest absolute Gasteiger partial charge is 0.0467 e. The lowest BCUT2D eigenvalue weighted by atomic mass is 9.94. The fourth-order valence-corrected chi connectivity index (χ4v) is 6.34. The van der Waals surface area contributed by atoms with Gasteiger partial charge in [-0.3, -0.25) is 0 Å². The molecule has 0 atom stereocenters. The predicted octanol–water partition coefficient (Wildman–Crippen LogP) is 12.5. The van der Waals surface area contributed by atoms with Crippen molar-refractivity contribution < 1.29 is 0 Å². The van der Waals surface area contributed by atoms with Crippen LogP contribution in [0.15, 0.2) is 188 Å². The molecule has 1 heteroatoms. The fraction of sp³-hybridized carbons (Fsp3) is 0. The highest BCUT2D eigenvalue weighted by molar-refractivity contribution is 6.00. The molecule has 0 amide bonds. The Balaban J connectivity index is 1.19. The number of hydrogen-bond acceptors (Lipinski definition) is 1. The molecule has 212 valence electrons. The lowest BCUT2D eigenvalue weighted by Gasteiger charge is -2.26. The van der Waals surface area contributed by atoms with Crippen molar-refractivity contribution in [2.24, 2.45) is 0 Å². The Morgan fingerprint density at radius 1 is 0.267 bits per heavy atom. The van der Waals surface area contributed by atoms with E-state index in [1.165, 1.54) is 54.9 Å². The first kappa shape index (κ1) is 26.7. The molecule has 0 aliphatic carbocycles. The number of nitrogens with zero attached hydrogens (tertiary/aromatic N) is 1. The van der Waals surface area contributed by atoms with Crippen molar-refractivity contribution in [3.8, 4) is 33.4 Å². The topological polar surface area (TPSA) is 3.24 Å². The zero-order chi connectivity index (χ0) is 30.0. The third-order valence-electron chi connectivity index (χ3n) is 8.63. The summed E-state index contributed by atoms with van der Waals surface area (Å²) in [7, 11) is 0. The number of fused-ring (bicyclic) bond motifs is 2. The number of rotatable bonds is 6. The molecule has 8 aromatic carbocycles. The number of hydrogen-bond donors (Lipinski definition) is 0. The number of benzene rings is 8. The van der Waals surface area contributed by atoms with Crippen LogP contribution in [-0.4, -0.2) is 0 Å². The maximum absolute atomic E-state index is 2.34. The van der Waals surface area contributed by atoms with Gasteiger partial charge in [0, 0.05) is 17.1 Å². The van der Waals surface area contributed by atoms with Gasteiger partial charge in [-0.1, -0.05) is 140 Å². The van der Waals surface area contributed by atoms with Gasteiger partial charge in [-0.2, -0.15) is 0 Å². The van der Waals surface area contributed by atoms with Crippen LogP contribution in [0.2, 0.25) is 0 Å². The minimum absolute atomic E-state index is 1.12. The summed E-state index contributed by atoms with van der Waals surface area (Å²) in [6, 6.07) is 67.6. The van der Waals surface area contributed by atoms with Crippen LogP contribution in [0.4, 0.5) is 17.1 Å². The Bertz CT molecular complexity index is 2250. The van der Waals surface area contributed by atoms with Crippen LogP contribution in [-0.2, 0) is 0 Å². The summed E-state index contributed by atoms with van der Waals surface area (Å²) in [5.74, 6) is 0. The van der Waals surface area contributed by atoms with Gasteiger partial charge in [-0.25, -0.2) is 0 Å². The molecule has 0 bridgehead atoms. The molecular weight excluding hydrogens is 542 g/mol. The maximum Gasteiger partial charge on any atom is 0.0467 e. The summed E-state index contributed by atoms with van der Waals surface area (Å²) in [6.07, 6.45) is 0. The first-order valence-corrected chi connectivity index (χ1v) is 15.4. The van der Waals surface area contributed by atoms with Gasteiger partial charge in [0.25, 0.3) is 0 Å². The molecule has 0 aliphatic rings. The Kier molecular flexibility index (Phi) is 6.90. The molecular formula is C44H31N. The van der Waals surface area contributed by atoms with E-state index in [0.717, 1.165) is 17.1 Å². The minimum atomic E-state index is 1.12. The van der Waals surface area contributed by atoms with Crippen molar-refractivity contribution in [2.45, 2.75) is 0 Å². The molecule has 0 aliphatic heterocycles. The quantitative estimate of drug-likeness (QED) is 0.191. The Hall–Kier alpha value is -5.92. The van der Waals surface area contributed by atoms with Gasteiger partial charge < -0.3 is 4.90 Å². The van der Waals surface area contributed by atoms with Gasteiger partial charge >= 0.3 is 0 Å². The maximum atomic E-state index is 2.34. The Morgan fingerprint density at radius 3 is 1.60 bits per heavy atom. The normalized spacial score (nSPS) is 11.1. The Morgan fingerprint density at radius 2 is 0.800 bits per heavy atom. The highest BCUT2D eigenvalue weighted by Gasteiger charge is 2.14. The van der Waals surface area contributed by atoms with E-state index in [-0.39, 0.29) is 0 Å². The van der Waals surface area contributed by atoms with Crippen molar-refractivity contribution in [3.05, 3.63) is 188 Å². The van der Waals surface area contributed by atoms with Crippen LogP contribution >= 0.6 is 0 Å². The van der Waals surface area contributed by atoms with E-state index in [4.69, 9.17) is 0 Å². The van der Waals surface area contributed by atoms with E-state index in [1.807, 2.05) is 0 Å². The van der Waals surface area contributed by atoms with E-state index < -0.39 is 0 Å². The first-order valence-electron chi connectivity index (χ1n) is 15.4. The van der Waals surface area contributed by atoms with Crippen LogP contribution in [0.25, 0.3) is 54.9 Å². The third kappa shape index (κ3) is 5.26. The molecule has 1 nitrogen and oxygen atoms in total. The standard InChI is InChI=1S/C44H31N/c1-3-11-32(12-4-1)37-16-9-19-42(30-37)45(40-17-5-2-6-18-40)41-27-25-35(26-28-41)43-20-10-15-34-22-24-39(31-44(34)43)38-23-21-33-13-7-8-14-36(33)29-38/h1-31H. The molecule has 0 N–H and O–H groups in total. The van der Waals surface area contributed by atoms with E-state index in [1.54, 1.807) is 0 Å². The summed E-state index contributed by atoms with van der Waals surface area (Å²) in [5, 5.41) is 5.02. The van der Waals surface area contributed by atoms with Crippen LogP contribution in [0.3, 0.4) is 0 Å². The van der Waals surface area contributed by atoms with Gasteiger partial charge in [-0.15, -0.1) is 0 Å². The molecule has 8 aromatic rings. The second kappa shape index (κ2) is 11.6. The molecule has 0 radical (unpaired) electrons. The van der Waals surface area contributed by atoms with Gasteiger partial charge in [0.15, 0.2) is 0 Å². The molecule has 0 unspecified atom stereocenters. The van der Waals surface area contributed by atoms with Crippen molar-refractivity contribution in [1.29, 1.82) is 0 Å². The molecule has 8 rings (SSSR count). The van der Waals surface area contributed by atoms with Gasteiger partial charge in [0.2, 0.25) is 0 Å². The molecule has 45 heavy (non-hydrogen) atoms. The zero-order valence-electron chi connectivity index (χ0n) is 24.8. The molecule has 0 heterocycles. The second-order valence-electron chi connectivity index (χ2n) is 11.4. The van der Waals surface area contributed by atoms with Crippen LogP contribution in [0, 0.1) is 0 Å². The molecule has 0 aromatic heterocycles. The van der Waals surface area contributed by atoms with Crippen molar-refractivity contribution in [3.63, 3.8) is 0 Å². The lowest BCUT2D eigenvalue weighted by Crippen LogP contribution is -2.09. The molecule has 0 saturated carbocycles. The summed E-state index contributed by atoms with van der Waals surface area (Å²) in [6.45, 7) is 0. The summed E-state index contributed by atoms with van der Waals surface area (Å²) in [4.78, 5) is 2.33. The number of para-hydroxylation sites is 1. The van der Waals surface area contributed by atoms with Crippen LogP contribution in [0.1, 0.15) is 0 Å². The second-order valence-corrected chi connectivity index (χ2v) is 11.4. The first-order chi connectivity index (χ1) is 22.3. The average Bonchev–Trinajstić information content (AvgIpc) is 3.12. The highest BCUT2D eigenvalue weighted by Crippen LogP contribution is 2.39. The summed E-state index contributed by atoms with van der Waals surface area (Å²) >= 11 is 0. The monoisotopic (exact) mass is 573 g/mol. The number of anilines is 3. The Labute approximate surface area is 264 Å². The SMILES string of the molecule is c1ccc(-c2cccc(N(c3ccccc3)c3ccc(-c4cccc5ccc(-c6ccc7ccccc7c6)cc45)cc3)c2)cc1. The van der Waals surface area contributed by atoms with Crippen LogP contribution < -0.4 is 4.90 Å². The average molecular weight is 574 g/mol. The highest BCUT2D eigenvalue weighted by atomic mass is 15.1. The van der Waals surface area contributed by atoms with Gasteiger partial charge in [-0.05, 0) is 103 Å². The lowest BCUT2D eigenvalue weighted by molar-refractivity contribution is 1.28. The largest absolute Gasteiger partial charge is 0.310 e. The fourth-order valence-electron chi connectivity index (χ4n) is 6.34. The molecule has 0 spiro atoms. The van der Waals surface area contributed by atoms with Crippen molar-refractivity contribution >= 4 is 38.6 Å². The van der Waals surface area contributed by atoms with Crippen LogP contribution in [0.5, 0.6) is 0 Å². The van der Waals surface area contributed by atoms with Crippen molar-refractivity contribution in [2.75, 3.05) is 4.90 Å². The van der Waals surface area contributed by atoms with Gasteiger partial charge in [0.05, 0.1) is 0 Å². The van der Waals surface area contributed by atoms with E-state index in [9.17, 15) is 0 Å². The minimum Gasteiger partial charge on any atom is -0.310 e. The zero-order valence-corrected chi connectivity index (χ0v) is 24.8. The van der Waals surface area contributed by atoms with E-state index in [0.29, 0.717) is 0 Å². The summed E-state index contributed by atoms with van der Waals surface area (Å²) in [5.41, 5.74) is 10.7. The molecule has 0 fully saturated rings. The summed E-state index contributed by atoms with van der Waals surface area (Å²) < 4.78 is 0. The van der Waals surface area contributed by atoms with E-state index in [2.05, 4.69) is 193 Å².